The average molecular weight is 367 g/mol. The minimum atomic E-state index is 0.0375. The van der Waals surface area contributed by atoms with Crippen molar-refractivity contribution in [1.82, 2.24) is 4.90 Å². The smallest absolute Gasteiger partial charge is 0.256 e. The molecule has 0 spiro atoms. The van der Waals surface area contributed by atoms with Gasteiger partial charge < -0.3 is 10.2 Å². The first-order valence-corrected chi connectivity index (χ1v) is 8.51. The van der Waals surface area contributed by atoms with Crippen LogP contribution in [0.1, 0.15) is 27.7 Å². The molecular formula is C16H19BrN2OS. The van der Waals surface area contributed by atoms with E-state index < -0.39 is 0 Å². The number of carbonyl (C=O) groups is 1. The minimum absolute atomic E-state index is 0.0375. The van der Waals surface area contributed by atoms with Gasteiger partial charge in [-0.3, -0.25) is 4.79 Å². The number of hydrogen-bond donors (Lipinski definition) is 1. The SMILES string of the molecule is CCNc1cc(C)ccc1C(=O)N(C)Cc1cc(Br)cs1. The quantitative estimate of drug-likeness (QED) is 0.843. The lowest BCUT2D eigenvalue weighted by Gasteiger charge is -2.19. The van der Waals surface area contributed by atoms with E-state index in [0.717, 1.165) is 32.7 Å². The van der Waals surface area contributed by atoms with E-state index in [2.05, 4.69) is 27.3 Å². The second kappa shape index (κ2) is 7.09. The van der Waals surface area contributed by atoms with E-state index in [1.54, 1.807) is 16.2 Å². The molecule has 1 amide bonds. The van der Waals surface area contributed by atoms with Crippen LogP contribution in [0, 0.1) is 6.92 Å². The number of amides is 1. The number of rotatable bonds is 5. The fourth-order valence-corrected chi connectivity index (χ4v) is 3.63. The predicted molar refractivity (Wildman–Crippen MR) is 93.2 cm³/mol. The van der Waals surface area contributed by atoms with Crippen LogP contribution in [0.3, 0.4) is 0 Å². The van der Waals surface area contributed by atoms with Crippen LogP contribution in [-0.2, 0) is 6.54 Å². The molecule has 0 saturated heterocycles. The number of thiophene rings is 1. The molecule has 0 atom stereocenters. The molecule has 1 N–H and O–H groups in total. The zero-order chi connectivity index (χ0) is 15.4. The minimum Gasteiger partial charge on any atom is -0.385 e. The van der Waals surface area contributed by atoms with Crippen molar-refractivity contribution in [3.05, 3.63) is 50.1 Å². The zero-order valence-corrected chi connectivity index (χ0v) is 14.8. The van der Waals surface area contributed by atoms with Crippen LogP contribution in [0.5, 0.6) is 0 Å². The van der Waals surface area contributed by atoms with Gasteiger partial charge >= 0.3 is 0 Å². The molecule has 0 aliphatic carbocycles. The number of benzene rings is 1. The Balaban J connectivity index is 2.18. The third-order valence-corrected chi connectivity index (χ3v) is 4.82. The van der Waals surface area contributed by atoms with Crippen molar-refractivity contribution in [2.24, 2.45) is 0 Å². The Kier molecular flexibility index (Phi) is 5.42. The van der Waals surface area contributed by atoms with Crippen molar-refractivity contribution in [1.29, 1.82) is 0 Å². The number of carbonyl (C=O) groups excluding carboxylic acids is 1. The fourth-order valence-electron chi connectivity index (χ4n) is 2.13. The molecule has 1 heterocycles. The van der Waals surface area contributed by atoms with Gasteiger partial charge in [0.2, 0.25) is 0 Å². The van der Waals surface area contributed by atoms with Gasteiger partial charge in [0.05, 0.1) is 12.1 Å². The van der Waals surface area contributed by atoms with E-state index in [0.29, 0.717) is 6.54 Å². The van der Waals surface area contributed by atoms with Crippen LogP contribution in [0.15, 0.2) is 34.1 Å². The molecule has 0 saturated carbocycles. The topological polar surface area (TPSA) is 32.3 Å². The molecule has 112 valence electrons. The van der Waals surface area contributed by atoms with Crippen molar-refractivity contribution in [2.75, 3.05) is 18.9 Å². The summed E-state index contributed by atoms with van der Waals surface area (Å²) in [5, 5.41) is 5.30. The summed E-state index contributed by atoms with van der Waals surface area (Å²) < 4.78 is 1.06. The van der Waals surface area contributed by atoms with Crippen LogP contribution in [-0.4, -0.2) is 24.4 Å². The average Bonchev–Trinajstić information content (AvgIpc) is 2.84. The molecular weight excluding hydrogens is 348 g/mol. The van der Waals surface area contributed by atoms with E-state index in [1.807, 2.05) is 44.5 Å². The van der Waals surface area contributed by atoms with Gasteiger partial charge in [0.25, 0.3) is 5.91 Å². The van der Waals surface area contributed by atoms with Crippen molar-refractivity contribution in [3.63, 3.8) is 0 Å². The molecule has 0 radical (unpaired) electrons. The molecule has 21 heavy (non-hydrogen) atoms. The lowest BCUT2D eigenvalue weighted by atomic mass is 10.1. The van der Waals surface area contributed by atoms with E-state index in [4.69, 9.17) is 0 Å². The van der Waals surface area contributed by atoms with Gasteiger partial charge in [-0.05, 0) is 53.5 Å². The maximum atomic E-state index is 12.6. The summed E-state index contributed by atoms with van der Waals surface area (Å²) in [5.41, 5.74) is 2.77. The summed E-state index contributed by atoms with van der Waals surface area (Å²) in [6.45, 7) is 5.48. The number of hydrogen-bond acceptors (Lipinski definition) is 3. The largest absolute Gasteiger partial charge is 0.385 e. The Hall–Kier alpha value is -1.33. The lowest BCUT2D eigenvalue weighted by Crippen LogP contribution is -2.26. The second-order valence-electron chi connectivity index (χ2n) is 4.97. The molecule has 5 heteroatoms. The van der Waals surface area contributed by atoms with Gasteiger partial charge in [0.1, 0.15) is 0 Å². The number of halogens is 1. The Labute approximate surface area is 138 Å². The summed E-state index contributed by atoms with van der Waals surface area (Å²) in [5.74, 6) is 0.0375. The third-order valence-electron chi connectivity index (χ3n) is 3.13. The van der Waals surface area contributed by atoms with Crippen molar-refractivity contribution in [3.8, 4) is 0 Å². The zero-order valence-electron chi connectivity index (χ0n) is 12.4. The Morgan fingerprint density at radius 1 is 1.38 bits per heavy atom. The molecule has 0 aliphatic heterocycles. The molecule has 2 aromatic rings. The van der Waals surface area contributed by atoms with E-state index >= 15 is 0 Å². The molecule has 3 nitrogen and oxygen atoms in total. The monoisotopic (exact) mass is 366 g/mol. The lowest BCUT2D eigenvalue weighted by molar-refractivity contribution is 0.0787. The highest BCUT2D eigenvalue weighted by molar-refractivity contribution is 9.10. The Bertz CT molecular complexity index is 639. The summed E-state index contributed by atoms with van der Waals surface area (Å²) in [6.07, 6.45) is 0. The standard InChI is InChI=1S/C16H19BrN2OS/c1-4-18-15-7-11(2)5-6-14(15)16(20)19(3)9-13-8-12(17)10-21-13/h5-8,10,18H,4,9H2,1-3H3. The van der Waals surface area contributed by atoms with Gasteiger partial charge in [0.15, 0.2) is 0 Å². The summed E-state index contributed by atoms with van der Waals surface area (Å²) in [7, 11) is 1.84. The first-order valence-electron chi connectivity index (χ1n) is 6.84. The summed E-state index contributed by atoms with van der Waals surface area (Å²) >= 11 is 5.09. The maximum absolute atomic E-state index is 12.6. The van der Waals surface area contributed by atoms with E-state index in [1.165, 1.54) is 0 Å². The van der Waals surface area contributed by atoms with Crippen LogP contribution in [0.4, 0.5) is 5.69 Å². The first kappa shape index (κ1) is 16.0. The van der Waals surface area contributed by atoms with Crippen molar-refractivity contribution in [2.45, 2.75) is 20.4 Å². The van der Waals surface area contributed by atoms with E-state index in [9.17, 15) is 4.79 Å². The number of nitrogens with one attached hydrogen (secondary N) is 1. The molecule has 0 bridgehead atoms. The van der Waals surface area contributed by atoms with Crippen LogP contribution >= 0.6 is 27.3 Å². The Morgan fingerprint density at radius 3 is 2.76 bits per heavy atom. The van der Waals surface area contributed by atoms with Gasteiger partial charge in [-0.2, -0.15) is 0 Å². The van der Waals surface area contributed by atoms with Crippen LogP contribution in [0.25, 0.3) is 0 Å². The molecule has 0 unspecified atom stereocenters. The molecule has 0 fully saturated rings. The highest BCUT2D eigenvalue weighted by Crippen LogP contribution is 2.23. The Morgan fingerprint density at radius 2 is 2.14 bits per heavy atom. The molecule has 2 rings (SSSR count). The predicted octanol–water partition coefficient (Wildman–Crippen LogP) is 4.52. The third kappa shape index (κ3) is 4.08. The fraction of sp³-hybridized carbons (Fsp3) is 0.312. The van der Waals surface area contributed by atoms with Gasteiger partial charge in [-0.1, -0.05) is 6.07 Å². The number of nitrogens with zero attached hydrogens (tertiary/aromatic N) is 1. The highest BCUT2D eigenvalue weighted by Gasteiger charge is 2.16. The molecule has 0 aliphatic rings. The highest BCUT2D eigenvalue weighted by atomic mass is 79.9. The maximum Gasteiger partial charge on any atom is 0.256 e. The van der Waals surface area contributed by atoms with Gasteiger partial charge in [-0.15, -0.1) is 11.3 Å². The number of anilines is 1. The van der Waals surface area contributed by atoms with Crippen LogP contribution in [0.2, 0.25) is 0 Å². The molecule has 1 aromatic heterocycles. The van der Waals surface area contributed by atoms with Gasteiger partial charge in [0, 0.05) is 34.0 Å². The van der Waals surface area contributed by atoms with E-state index in [-0.39, 0.29) is 5.91 Å². The van der Waals surface area contributed by atoms with Crippen molar-refractivity contribution >= 4 is 38.9 Å². The van der Waals surface area contributed by atoms with Gasteiger partial charge in [-0.25, -0.2) is 0 Å². The molecule has 1 aromatic carbocycles. The second-order valence-corrected chi connectivity index (χ2v) is 6.88. The number of aryl methyl sites for hydroxylation is 1. The van der Waals surface area contributed by atoms with Crippen molar-refractivity contribution < 1.29 is 4.79 Å². The summed E-state index contributed by atoms with van der Waals surface area (Å²) in [4.78, 5) is 15.6. The normalized spacial score (nSPS) is 10.5. The van der Waals surface area contributed by atoms with Crippen LogP contribution < -0.4 is 5.32 Å². The summed E-state index contributed by atoms with van der Waals surface area (Å²) in [6, 6.07) is 7.95. The first-order chi connectivity index (χ1) is 10.0.